The van der Waals surface area contributed by atoms with Gasteiger partial charge in [-0.15, -0.1) is 10.2 Å². The molecule has 8 nitrogen and oxygen atoms in total. The maximum absolute atomic E-state index is 11.4. The number of hydrogen-bond donors (Lipinski definition) is 1. The quantitative estimate of drug-likeness (QED) is 0.877. The van der Waals surface area contributed by atoms with E-state index in [0.29, 0.717) is 22.8 Å². The van der Waals surface area contributed by atoms with Crippen LogP contribution in [0.25, 0.3) is 0 Å². The second-order valence-corrected chi connectivity index (χ2v) is 5.09. The third-order valence-electron chi connectivity index (χ3n) is 3.09. The van der Waals surface area contributed by atoms with Crippen LogP contribution >= 0.6 is 0 Å². The van der Waals surface area contributed by atoms with Crippen molar-refractivity contribution in [3.05, 3.63) is 30.0 Å². The van der Waals surface area contributed by atoms with Crippen LogP contribution < -0.4 is 10.2 Å². The van der Waals surface area contributed by atoms with Gasteiger partial charge < -0.3 is 10.2 Å². The SMILES string of the molecule is CC(=O)Nc1cc(N(C)C)ccc1/N=N/c1c(C#N)cnn1C. The standard InChI is InChI=1S/C15H17N7O/c1-10(23)18-14-7-12(21(2)3)5-6-13(14)19-20-15-11(8-16)9-17-22(15)4/h5-7,9H,1-4H3,(H,18,23)/b20-19+. The number of carbonyl (C=O) groups excluding carboxylic acids is 1. The number of anilines is 2. The molecule has 0 aliphatic rings. The van der Waals surface area contributed by atoms with Crippen molar-refractivity contribution < 1.29 is 4.79 Å². The summed E-state index contributed by atoms with van der Waals surface area (Å²) in [6.07, 6.45) is 1.43. The van der Waals surface area contributed by atoms with Gasteiger partial charge in [0.05, 0.1) is 11.9 Å². The Morgan fingerprint density at radius 2 is 2.13 bits per heavy atom. The minimum atomic E-state index is -0.199. The summed E-state index contributed by atoms with van der Waals surface area (Å²) in [5, 5.41) is 24.0. The van der Waals surface area contributed by atoms with Crippen molar-refractivity contribution in [1.82, 2.24) is 9.78 Å². The van der Waals surface area contributed by atoms with Crippen molar-refractivity contribution in [2.45, 2.75) is 6.92 Å². The molecular weight excluding hydrogens is 294 g/mol. The number of aryl methyl sites for hydroxylation is 1. The molecule has 0 atom stereocenters. The second-order valence-electron chi connectivity index (χ2n) is 5.09. The fourth-order valence-corrected chi connectivity index (χ4v) is 1.91. The summed E-state index contributed by atoms with van der Waals surface area (Å²) in [6.45, 7) is 1.43. The lowest BCUT2D eigenvalue weighted by Crippen LogP contribution is -2.10. The molecule has 118 valence electrons. The predicted octanol–water partition coefficient (Wildman–Crippen LogP) is 2.73. The van der Waals surface area contributed by atoms with E-state index in [1.54, 1.807) is 13.1 Å². The minimum Gasteiger partial charge on any atom is -0.378 e. The molecule has 0 bridgehead atoms. The van der Waals surface area contributed by atoms with E-state index in [1.165, 1.54) is 17.8 Å². The lowest BCUT2D eigenvalue weighted by atomic mass is 10.2. The largest absolute Gasteiger partial charge is 0.378 e. The zero-order chi connectivity index (χ0) is 17.0. The van der Waals surface area contributed by atoms with E-state index in [2.05, 4.69) is 20.6 Å². The van der Waals surface area contributed by atoms with Crippen molar-refractivity contribution in [2.24, 2.45) is 17.3 Å². The van der Waals surface area contributed by atoms with E-state index >= 15 is 0 Å². The van der Waals surface area contributed by atoms with Gasteiger partial charge in [0, 0.05) is 33.8 Å². The average molecular weight is 311 g/mol. The molecule has 0 saturated carbocycles. The van der Waals surface area contributed by atoms with Gasteiger partial charge in [0.2, 0.25) is 5.91 Å². The first-order valence-electron chi connectivity index (χ1n) is 6.85. The third-order valence-corrected chi connectivity index (χ3v) is 3.09. The van der Waals surface area contributed by atoms with Crippen LogP contribution in [-0.4, -0.2) is 29.8 Å². The highest BCUT2D eigenvalue weighted by Crippen LogP contribution is 2.31. The molecule has 0 aliphatic heterocycles. The molecule has 0 fully saturated rings. The topological polar surface area (TPSA) is 98.7 Å². The maximum atomic E-state index is 11.4. The predicted molar refractivity (Wildman–Crippen MR) is 87.2 cm³/mol. The van der Waals surface area contributed by atoms with E-state index in [9.17, 15) is 4.79 Å². The number of aromatic nitrogens is 2. The molecule has 1 amide bonds. The van der Waals surface area contributed by atoms with Crippen molar-refractivity contribution >= 4 is 28.8 Å². The summed E-state index contributed by atoms with van der Waals surface area (Å²) in [6, 6.07) is 7.45. The zero-order valence-electron chi connectivity index (χ0n) is 13.4. The van der Waals surface area contributed by atoms with Crippen LogP contribution in [0.1, 0.15) is 12.5 Å². The van der Waals surface area contributed by atoms with Gasteiger partial charge in [-0.2, -0.15) is 10.4 Å². The smallest absolute Gasteiger partial charge is 0.221 e. The Morgan fingerprint density at radius 1 is 1.39 bits per heavy atom. The molecule has 23 heavy (non-hydrogen) atoms. The van der Waals surface area contributed by atoms with Gasteiger partial charge in [-0.3, -0.25) is 4.79 Å². The summed E-state index contributed by atoms with van der Waals surface area (Å²) in [4.78, 5) is 13.3. The number of carbonyl (C=O) groups is 1. The summed E-state index contributed by atoms with van der Waals surface area (Å²) in [5.74, 6) is 0.161. The van der Waals surface area contributed by atoms with E-state index < -0.39 is 0 Å². The van der Waals surface area contributed by atoms with Gasteiger partial charge >= 0.3 is 0 Å². The molecule has 0 radical (unpaired) electrons. The van der Waals surface area contributed by atoms with Crippen molar-refractivity contribution in [3.8, 4) is 6.07 Å². The Balaban J connectivity index is 2.42. The number of azo groups is 1. The van der Waals surface area contributed by atoms with Crippen LogP contribution in [0.15, 0.2) is 34.6 Å². The number of hydrogen-bond acceptors (Lipinski definition) is 6. The maximum Gasteiger partial charge on any atom is 0.221 e. The fourth-order valence-electron chi connectivity index (χ4n) is 1.91. The number of rotatable bonds is 4. The lowest BCUT2D eigenvalue weighted by Gasteiger charge is -2.15. The van der Waals surface area contributed by atoms with Crippen molar-refractivity contribution in [2.75, 3.05) is 24.3 Å². The minimum absolute atomic E-state index is 0.199. The summed E-state index contributed by atoms with van der Waals surface area (Å²) in [5.41, 5.74) is 2.30. The molecule has 8 heteroatoms. The molecule has 0 saturated heterocycles. The van der Waals surface area contributed by atoms with Crippen LogP contribution in [0.3, 0.4) is 0 Å². The van der Waals surface area contributed by atoms with Gasteiger partial charge in [0.1, 0.15) is 17.3 Å². The first kappa shape index (κ1) is 16.2. The van der Waals surface area contributed by atoms with Crippen LogP contribution in [0.5, 0.6) is 0 Å². The monoisotopic (exact) mass is 311 g/mol. The van der Waals surface area contributed by atoms with E-state index in [0.717, 1.165) is 5.69 Å². The molecule has 0 aliphatic carbocycles. The molecule has 2 rings (SSSR count). The Bertz CT molecular complexity index is 799. The van der Waals surface area contributed by atoms with Gasteiger partial charge in [-0.25, -0.2) is 4.68 Å². The average Bonchev–Trinajstić information content (AvgIpc) is 2.85. The van der Waals surface area contributed by atoms with Crippen LogP contribution in [0, 0.1) is 11.3 Å². The Hall–Kier alpha value is -3.21. The van der Waals surface area contributed by atoms with Gasteiger partial charge in [-0.05, 0) is 18.2 Å². The molecule has 1 aromatic heterocycles. The fraction of sp³-hybridized carbons (Fsp3) is 0.267. The molecule has 2 aromatic rings. The Morgan fingerprint density at radius 3 is 2.74 bits per heavy atom. The molecule has 1 aromatic carbocycles. The van der Waals surface area contributed by atoms with Gasteiger partial charge in [0.15, 0.2) is 5.82 Å². The van der Waals surface area contributed by atoms with Crippen molar-refractivity contribution in [3.63, 3.8) is 0 Å². The number of amides is 1. The molecular formula is C15H17N7O. The van der Waals surface area contributed by atoms with Crippen molar-refractivity contribution in [1.29, 1.82) is 5.26 Å². The highest BCUT2D eigenvalue weighted by molar-refractivity contribution is 5.92. The Labute approximate surface area is 134 Å². The van der Waals surface area contributed by atoms with Gasteiger partial charge in [-0.1, -0.05) is 0 Å². The summed E-state index contributed by atoms with van der Waals surface area (Å²) >= 11 is 0. The zero-order valence-corrected chi connectivity index (χ0v) is 13.4. The van der Waals surface area contributed by atoms with Crippen LogP contribution in [0.4, 0.5) is 22.9 Å². The van der Waals surface area contributed by atoms with Crippen LogP contribution in [-0.2, 0) is 11.8 Å². The van der Waals surface area contributed by atoms with E-state index in [1.807, 2.05) is 37.2 Å². The van der Waals surface area contributed by atoms with E-state index in [4.69, 9.17) is 5.26 Å². The number of nitrogens with zero attached hydrogens (tertiary/aromatic N) is 6. The molecule has 0 spiro atoms. The second kappa shape index (κ2) is 6.70. The van der Waals surface area contributed by atoms with Gasteiger partial charge in [0.25, 0.3) is 0 Å². The molecule has 0 unspecified atom stereocenters. The highest BCUT2D eigenvalue weighted by atomic mass is 16.1. The van der Waals surface area contributed by atoms with Crippen LogP contribution in [0.2, 0.25) is 0 Å². The number of nitrogens with one attached hydrogen (secondary N) is 1. The first-order valence-corrected chi connectivity index (χ1v) is 6.85. The number of nitriles is 1. The molecule has 1 heterocycles. The normalized spacial score (nSPS) is 10.6. The highest BCUT2D eigenvalue weighted by Gasteiger charge is 2.09. The molecule has 1 N–H and O–H groups in total. The number of benzene rings is 1. The first-order chi connectivity index (χ1) is 10.9. The summed E-state index contributed by atoms with van der Waals surface area (Å²) < 4.78 is 1.47. The van der Waals surface area contributed by atoms with E-state index in [-0.39, 0.29) is 5.91 Å². The third kappa shape index (κ3) is 3.71. The Kier molecular flexibility index (Phi) is 4.71. The summed E-state index contributed by atoms with van der Waals surface area (Å²) in [7, 11) is 5.49. The lowest BCUT2D eigenvalue weighted by molar-refractivity contribution is -0.114.